The molecule has 0 aliphatic carbocycles. The lowest BCUT2D eigenvalue weighted by atomic mass is 10.2. The van der Waals surface area contributed by atoms with Crippen LogP contribution in [0.25, 0.3) is 0 Å². The number of sulfone groups is 1. The third-order valence-electron chi connectivity index (χ3n) is 2.86. The molecule has 0 aliphatic heterocycles. The zero-order valence-electron chi connectivity index (χ0n) is 12.3. The van der Waals surface area contributed by atoms with E-state index in [2.05, 4.69) is 4.74 Å². The van der Waals surface area contributed by atoms with Crippen molar-refractivity contribution in [3.8, 4) is 0 Å². The Hall–Kier alpha value is -1.89. The number of nitrogens with zero attached hydrogens (tertiary/aromatic N) is 1. The molecule has 116 valence electrons. The van der Waals surface area contributed by atoms with Crippen LogP contribution in [-0.4, -0.2) is 51.6 Å². The highest BCUT2D eigenvalue weighted by Gasteiger charge is 2.19. The second kappa shape index (κ2) is 7.21. The van der Waals surface area contributed by atoms with E-state index in [1.165, 1.54) is 36.3 Å². The van der Waals surface area contributed by atoms with E-state index in [9.17, 15) is 18.0 Å². The number of esters is 1. The van der Waals surface area contributed by atoms with Gasteiger partial charge in [0.25, 0.3) is 5.91 Å². The van der Waals surface area contributed by atoms with Gasteiger partial charge in [-0.3, -0.25) is 9.59 Å². The van der Waals surface area contributed by atoms with Crippen LogP contribution in [-0.2, 0) is 19.4 Å². The second-order valence-corrected chi connectivity index (χ2v) is 6.62. The Morgan fingerprint density at radius 3 is 2.19 bits per heavy atom. The Morgan fingerprint density at radius 1 is 1.19 bits per heavy atom. The summed E-state index contributed by atoms with van der Waals surface area (Å²) in [6.45, 7) is 2.18. The molecule has 0 unspecified atom stereocenters. The third kappa shape index (κ3) is 4.86. The maximum atomic E-state index is 12.3. The predicted molar refractivity (Wildman–Crippen MR) is 77.8 cm³/mol. The van der Waals surface area contributed by atoms with Gasteiger partial charge in [0.15, 0.2) is 9.84 Å². The van der Waals surface area contributed by atoms with Gasteiger partial charge in [-0.15, -0.1) is 0 Å². The molecule has 1 aromatic rings. The molecular weight excluding hydrogens is 294 g/mol. The smallest absolute Gasteiger partial charge is 0.325 e. The van der Waals surface area contributed by atoms with Crippen molar-refractivity contribution in [2.75, 3.05) is 26.5 Å². The average molecular weight is 313 g/mol. The highest BCUT2D eigenvalue weighted by atomic mass is 32.2. The Morgan fingerprint density at radius 2 is 1.76 bits per heavy atom. The van der Waals surface area contributed by atoms with E-state index < -0.39 is 15.8 Å². The normalized spacial score (nSPS) is 11.0. The molecule has 21 heavy (non-hydrogen) atoms. The maximum Gasteiger partial charge on any atom is 0.325 e. The minimum Gasteiger partial charge on any atom is -0.468 e. The maximum absolute atomic E-state index is 12.3. The highest BCUT2D eigenvalue weighted by molar-refractivity contribution is 7.90. The zero-order chi connectivity index (χ0) is 16.0. The summed E-state index contributed by atoms with van der Waals surface area (Å²) < 4.78 is 27.3. The summed E-state index contributed by atoms with van der Waals surface area (Å²) >= 11 is 0. The molecule has 1 rings (SSSR count). The minimum absolute atomic E-state index is 0.128. The van der Waals surface area contributed by atoms with Crippen molar-refractivity contribution in [2.45, 2.75) is 18.2 Å². The summed E-state index contributed by atoms with van der Waals surface area (Å²) in [6, 6.07) is 5.65. The number of methoxy groups -OCH3 is 1. The van der Waals surface area contributed by atoms with Crippen molar-refractivity contribution in [1.29, 1.82) is 0 Å². The van der Waals surface area contributed by atoms with Crippen LogP contribution in [0.5, 0.6) is 0 Å². The van der Waals surface area contributed by atoms with E-state index in [0.29, 0.717) is 18.5 Å². The fourth-order valence-corrected chi connectivity index (χ4v) is 2.40. The van der Waals surface area contributed by atoms with Gasteiger partial charge in [-0.1, -0.05) is 6.92 Å². The number of carbonyl (C=O) groups excluding carboxylic acids is 2. The van der Waals surface area contributed by atoms with Crippen LogP contribution in [0.4, 0.5) is 0 Å². The number of benzene rings is 1. The fourth-order valence-electron chi connectivity index (χ4n) is 1.77. The van der Waals surface area contributed by atoms with Gasteiger partial charge >= 0.3 is 5.97 Å². The van der Waals surface area contributed by atoms with Crippen molar-refractivity contribution in [2.24, 2.45) is 0 Å². The van der Waals surface area contributed by atoms with Crippen LogP contribution < -0.4 is 0 Å². The molecule has 0 saturated carbocycles. The summed E-state index contributed by atoms with van der Waals surface area (Å²) in [5.74, 6) is -0.827. The van der Waals surface area contributed by atoms with Gasteiger partial charge in [0, 0.05) is 18.4 Å². The van der Waals surface area contributed by atoms with Crippen LogP contribution in [0.15, 0.2) is 29.2 Å². The molecule has 0 aromatic heterocycles. The van der Waals surface area contributed by atoms with Gasteiger partial charge in [-0.25, -0.2) is 8.42 Å². The average Bonchev–Trinajstić information content (AvgIpc) is 2.45. The first-order valence-electron chi connectivity index (χ1n) is 6.45. The van der Waals surface area contributed by atoms with Gasteiger partial charge in [0.05, 0.1) is 12.0 Å². The van der Waals surface area contributed by atoms with E-state index in [1.807, 2.05) is 6.92 Å². The molecule has 0 spiro atoms. The molecule has 0 heterocycles. The largest absolute Gasteiger partial charge is 0.468 e. The van der Waals surface area contributed by atoms with Crippen LogP contribution >= 0.6 is 0 Å². The summed E-state index contributed by atoms with van der Waals surface area (Å²) in [4.78, 5) is 25.2. The molecule has 0 aliphatic rings. The molecule has 1 aromatic carbocycles. The summed E-state index contributed by atoms with van der Waals surface area (Å²) in [6.07, 6.45) is 1.80. The second-order valence-electron chi connectivity index (χ2n) is 4.60. The van der Waals surface area contributed by atoms with Gasteiger partial charge < -0.3 is 9.64 Å². The van der Waals surface area contributed by atoms with E-state index >= 15 is 0 Å². The first kappa shape index (κ1) is 17.2. The van der Waals surface area contributed by atoms with Crippen LogP contribution in [0, 0.1) is 0 Å². The number of carbonyl (C=O) groups is 2. The quantitative estimate of drug-likeness (QED) is 0.735. The molecule has 0 bridgehead atoms. The lowest BCUT2D eigenvalue weighted by Gasteiger charge is -2.20. The van der Waals surface area contributed by atoms with Crippen molar-refractivity contribution in [3.63, 3.8) is 0 Å². The molecule has 6 nitrogen and oxygen atoms in total. The molecule has 0 fully saturated rings. The first-order valence-corrected chi connectivity index (χ1v) is 8.35. The van der Waals surface area contributed by atoms with Gasteiger partial charge in [-0.05, 0) is 30.7 Å². The van der Waals surface area contributed by atoms with Crippen LogP contribution in [0.1, 0.15) is 23.7 Å². The topological polar surface area (TPSA) is 80.8 Å². The number of amides is 1. The summed E-state index contributed by atoms with van der Waals surface area (Å²) in [5, 5.41) is 0. The van der Waals surface area contributed by atoms with E-state index in [1.54, 1.807) is 0 Å². The minimum atomic E-state index is -3.30. The Kier molecular flexibility index (Phi) is 5.90. The van der Waals surface area contributed by atoms with Crippen molar-refractivity contribution in [3.05, 3.63) is 29.8 Å². The van der Waals surface area contributed by atoms with Crippen molar-refractivity contribution in [1.82, 2.24) is 4.90 Å². The lowest BCUT2D eigenvalue weighted by Crippen LogP contribution is -2.36. The van der Waals surface area contributed by atoms with Crippen LogP contribution in [0.2, 0.25) is 0 Å². The summed E-state index contributed by atoms with van der Waals surface area (Å²) in [5.41, 5.74) is 0.333. The Balaban J connectivity index is 2.96. The number of hydrogen-bond donors (Lipinski definition) is 0. The molecule has 0 saturated heterocycles. The molecule has 0 radical (unpaired) electrons. The molecule has 7 heteroatoms. The Labute approximate surface area is 124 Å². The third-order valence-corrected chi connectivity index (χ3v) is 3.99. The van der Waals surface area contributed by atoms with Crippen molar-refractivity contribution < 1.29 is 22.7 Å². The van der Waals surface area contributed by atoms with Gasteiger partial charge in [-0.2, -0.15) is 0 Å². The molecule has 0 N–H and O–H groups in total. The SMILES string of the molecule is CCCN(CC(=O)OC)C(=O)c1ccc(S(C)(=O)=O)cc1. The van der Waals surface area contributed by atoms with E-state index in [-0.39, 0.29) is 17.3 Å². The number of rotatable bonds is 6. The van der Waals surface area contributed by atoms with Crippen molar-refractivity contribution >= 4 is 21.7 Å². The summed E-state index contributed by atoms with van der Waals surface area (Å²) in [7, 11) is -2.04. The standard InChI is InChI=1S/C14H19NO5S/c1-4-9-15(10-13(16)20-2)14(17)11-5-7-12(8-6-11)21(3,18)19/h5-8H,4,9-10H2,1-3H3. The highest BCUT2D eigenvalue weighted by Crippen LogP contribution is 2.12. The van der Waals surface area contributed by atoms with Gasteiger partial charge in [0.2, 0.25) is 0 Å². The molecule has 1 amide bonds. The Bertz CT molecular complexity index is 607. The zero-order valence-corrected chi connectivity index (χ0v) is 13.1. The fraction of sp³-hybridized carbons (Fsp3) is 0.429. The molecule has 0 atom stereocenters. The predicted octanol–water partition coefficient (Wildman–Crippen LogP) is 1.12. The van der Waals surface area contributed by atoms with E-state index in [0.717, 1.165) is 6.26 Å². The number of ether oxygens (including phenoxy) is 1. The monoisotopic (exact) mass is 313 g/mol. The lowest BCUT2D eigenvalue weighted by molar-refractivity contribution is -0.141. The number of hydrogen-bond acceptors (Lipinski definition) is 5. The van der Waals surface area contributed by atoms with Crippen LogP contribution in [0.3, 0.4) is 0 Å². The van der Waals surface area contributed by atoms with Gasteiger partial charge in [0.1, 0.15) is 6.54 Å². The molecular formula is C14H19NO5S. The first-order chi connectivity index (χ1) is 9.79. The van der Waals surface area contributed by atoms with E-state index in [4.69, 9.17) is 0 Å².